The molecule has 1 heterocycles. The largest absolute Gasteiger partial charge is 0.481 e. The van der Waals surface area contributed by atoms with Gasteiger partial charge < -0.3 is 15.2 Å². The molecule has 106 valence electrons. The highest BCUT2D eigenvalue weighted by atomic mass is 16.5. The van der Waals surface area contributed by atoms with Crippen molar-refractivity contribution in [2.45, 2.75) is 50.7 Å². The number of nitrogens with one attached hydrogen (secondary N) is 1. The molecular weight excluding hydrogens is 246 g/mol. The lowest BCUT2D eigenvalue weighted by Gasteiger charge is -2.37. The zero-order valence-electron chi connectivity index (χ0n) is 11.0. The van der Waals surface area contributed by atoms with Crippen LogP contribution in [0.3, 0.4) is 0 Å². The third kappa shape index (κ3) is 2.36. The zero-order valence-corrected chi connectivity index (χ0v) is 11.0. The smallest absolute Gasteiger partial charge is 0.307 e. The molecule has 3 rings (SSSR count). The van der Waals surface area contributed by atoms with Gasteiger partial charge in [0.1, 0.15) is 0 Å². The van der Waals surface area contributed by atoms with Gasteiger partial charge in [-0.15, -0.1) is 0 Å². The Hall–Kier alpha value is -1.10. The Labute approximate surface area is 112 Å². The van der Waals surface area contributed by atoms with Crippen LogP contribution < -0.4 is 5.32 Å². The van der Waals surface area contributed by atoms with Crippen LogP contribution in [0.5, 0.6) is 0 Å². The zero-order chi connectivity index (χ0) is 13.4. The molecule has 1 saturated heterocycles. The Balaban J connectivity index is 1.58. The second-order valence-electron chi connectivity index (χ2n) is 6.04. The third-order valence-corrected chi connectivity index (χ3v) is 5.04. The first-order chi connectivity index (χ1) is 9.16. The Morgan fingerprint density at radius 1 is 1.05 bits per heavy atom. The van der Waals surface area contributed by atoms with Gasteiger partial charge in [0.2, 0.25) is 5.91 Å². The van der Waals surface area contributed by atoms with Crippen molar-refractivity contribution in [3.05, 3.63) is 0 Å². The lowest BCUT2D eigenvalue weighted by molar-refractivity contribution is -0.153. The average Bonchev–Trinajstić information content (AvgIpc) is 2.75. The number of carbonyl (C=O) groups excluding carboxylic acids is 1. The predicted molar refractivity (Wildman–Crippen MR) is 67.5 cm³/mol. The van der Waals surface area contributed by atoms with Gasteiger partial charge in [0.25, 0.3) is 0 Å². The van der Waals surface area contributed by atoms with Gasteiger partial charge in [-0.3, -0.25) is 9.59 Å². The molecule has 2 saturated carbocycles. The number of hydrogen-bond donors (Lipinski definition) is 2. The van der Waals surface area contributed by atoms with E-state index in [-0.39, 0.29) is 17.9 Å². The first-order valence-electron chi connectivity index (χ1n) is 7.31. The highest BCUT2D eigenvalue weighted by Gasteiger charge is 2.44. The van der Waals surface area contributed by atoms with Crippen molar-refractivity contribution < 1.29 is 19.4 Å². The van der Waals surface area contributed by atoms with Gasteiger partial charge in [0, 0.05) is 18.6 Å². The van der Waals surface area contributed by atoms with Crippen LogP contribution >= 0.6 is 0 Å². The fourth-order valence-corrected chi connectivity index (χ4v) is 3.75. The molecule has 0 aromatic rings. The second kappa shape index (κ2) is 5.12. The number of amides is 1. The number of carboxylic acids is 1. The van der Waals surface area contributed by atoms with Crippen molar-refractivity contribution in [3.63, 3.8) is 0 Å². The molecule has 19 heavy (non-hydrogen) atoms. The molecule has 0 radical (unpaired) electrons. The molecule has 5 unspecified atom stereocenters. The van der Waals surface area contributed by atoms with Gasteiger partial charge in [0.15, 0.2) is 0 Å². The van der Waals surface area contributed by atoms with Crippen LogP contribution in [0, 0.1) is 17.8 Å². The second-order valence-corrected chi connectivity index (χ2v) is 6.04. The number of fused-ring (bicyclic) bond motifs is 1. The van der Waals surface area contributed by atoms with E-state index in [0.717, 1.165) is 32.3 Å². The monoisotopic (exact) mass is 267 g/mol. The van der Waals surface area contributed by atoms with Crippen LogP contribution in [0.2, 0.25) is 0 Å². The Morgan fingerprint density at radius 3 is 2.53 bits per heavy atom. The molecular formula is C14H21NO4. The normalized spacial score (nSPS) is 41.2. The fourth-order valence-electron chi connectivity index (χ4n) is 3.75. The standard InChI is InChI=1S/C14H21NO4/c16-13(8-4-5-9(8)14(17)18)15-11-2-1-3-12-10(11)6-7-19-12/h8-12H,1-7H2,(H,15,16)(H,17,18). The van der Waals surface area contributed by atoms with E-state index in [1.165, 1.54) is 0 Å². The molecule has 5 atom stereocenters. The summed E-state index contributed by atoms with van der Waals surface area (Å²) in [6, 6.07) is 0.184. The number of aliphatic carboxylic acids is 1. The van der Waals surface area contributed by atoms with Crippen molar-refractivity contribution in [1.82, 2.24) is 5.32 Å². The van der Waals surface area contributed by atoms with Crippen molar-refractivity contribution in [3.8, 4) is 0 Å². The minimum Gasteiger partial charge on any atom is -0.481 e. The van der Waals surface area contributed by atoms with E-state index in [9.17, 15) is 9.59 Å². The van der Waals surface area contributed by atoms with E-state index in [1.54, 1.807) is 0 Å². The summed E-state index contributed by atoms with van der Waals surface area (Å²) in [5.41, 5.74) is 0. The molecule has 3 fully saturated rings. The van der Waals surface area contributed by atoms with Gasteiger partial charge >= 0.3 is 5.97 Å². The van der Waals surface area contributed by atoms with Crippen LogP contribution in [0.15, 0.2) is 0 Å². The topological polar surface area (TPSA) is 75.6 Å². The molecule has 5 nitrogen and oxygen atoms in total. The van der Waals surface area contributed by atoms with E-state index < -0.39 is 11.9 Å². The van der Waals surface area contributed by atoms with Crippen molar-refractivity contribution >= 4 is 11.9 Å². The fraction of sp³-hybridized carbons (Fsp3) is 0.857. The number of carboxylic acid groups (broad SMARTS) is 1. The van der Waals surface area contributed by atoms with Gasteiger partial charge in [-0.2, -0.15) is 0 Å². The van der Waals surface area contributed by atoms with Gasteiger partial charge in [-0.1, -0.05) is 0 Å². The average molecular weight is 267 g/mol. The quantitative estimate of drug-likeness (QED) is 0.805. The Morgan fingerprint density at radius 2 is 1.84 bits per heavy atom. The van der Waals surface area contributed by atoms with E-state index in [1.807, 2.05) is 0 Å². The lowest BCUT2D eigenvalue weighted by Crippen LogP contribution is -2.51. The highest BCUT2D eigenvalue weighted by molar-refractivity contribution is 5.86. The van der Waals surface area contributed by atoms with Gasteiger partial charge in [0.05, 0.1) is 17.9 Å². The molecule has 1 amide bonds. The molecule has 1 aliphatic heterocycles. The molecule has 0 aromatic heterocycles. The molecule has 2 N–H and O–H groups in total. The number of ether oxygens (including phenoxy) is 1. The van der Waals surface area contributed by atoms with Crippen LogP contribution in [0.25, 0.3) is 0 Å². The maximum Gasteiger partial charge on any atom is 0.307 e. The summed E-state index contributed by atoms with van der Waals surface area (Å²) in [4.78, 5) is 23.2. The summed E-state index contributed by atoms with van der Waals surface area (Å²) in [5, 5.41) is 12.1. The van der Waals surface area contributed by atoms with Crippen LogP contribution in [-0.2, 0) is 14.3 Å². The van der Waals surface area contributed by atoms with Gasteiger partial charge in [-0.25, -0.2) is 0 Å². The molecule has 2 aliphatic carbocycles. The van der Waals surface area contributed by atoms with Crippen LogP contribution in [0.4, 0.5) is 0 Å². The molecule has 3 aliphatic rings. The summed E-state index contributed by atoms with van der Waals surface area (Å²) in [7, 11) is 0. The van der Waals surface area contributed by atoms with Gasteiger partial charge in [-0.05, 0) is 38.5 Å². The molecule has 0 bridgehead atoms. The highest BCUT2D eigenvalue weighted by Crippen LogP contribution is 2.37. The summed E-state index contributed by atoms with van der Waals surface area (Å²) < 4.78 is 5.68. The maximum atomic E-state index is 12.2. The first kappa shape index (κ1) is 12.9. The van der Waals surface area contributed by atoms with Crippen molar-refractivity contribution in [2.75, 3.05) is 6.61 Å². The number of hydrogen-bond acceptors (Lipinski definition) is 3. The third-order valence-electron chi connectivity index (χ3n) is 5.04. The number of rotatable bonds is 3. The van der Waals surface area contributed by atoms with Crippen LogP contribution in [0.1, 0.15) is 38.5 Å². The minimum atomic E-state index is -0.836. The SMILES string of the molecule is O=C(O)C1CCC1C(=O)NC1CCCC2OCCC12. The molecule has 0 spiro atoms. The van der Waals surface area contributed by atoms with Crippen LogP contribution in [-0.4, -0.2) is 35.7 Å². The Bertz CT molecular complexity index is 384. The summed E-state index contributed by atoms with van der Waals surface area (Å²) in [5.74, 6) is -1.26. The molecule has 5 heteroatoms. The summed E-state index contributed by atoms with van der Waals surface area (Å²) >= 11 is 0. The van der Waals surface area contributed by atoms with Crippen molar-refractivity contribution in [2.24, 2.45) is 17.8 Å². The van der Waals surface area contributed by atoms with E-state index in [4.69, 9.17) is 9.84 Å². The summed E-state index contributed by atoms with van der Waals surface area (Å²) in [6.45, 7) is 0.795. The lowest BCUT2D eigenvalue weighted by atomic mass is 9.72. The van der Waals surface area contributed by atoms with E-state index in [2.05, 4.69) is 5.32 Å². The summed E-state index contributed by atoms with van der Waals surface area (Å²) in [6.07, 6.45) is 5.84. The maximum absolute atomic E-state index is 12.2. The van der Waals surface area contributed by atoms with E-state index >= 15 is 0 Å². The number of carbonyl (C=O) groups is 2. The molecule has 0 aromatic carbocycles. The minimum absolute atomic E-state index is 0.0591. The van der Waals surface area contributed by atoms with Crippen molar-refractivity contribution in [1.29, 1.82) is 0 Å². The first-order valence-corrected chi connectivity index (χ1v) is 7.31. The Kier molecular flexibility index (Phi) is 3.48. The van der Waals surface area contributed by atoms with E-state index in [0.29, 0.717) is 24.9 Å². The predicted octanol–water partition coefficient (Wildman–Crippen LogP) is 1.17.